The molecule has 0 aliphatic carbocycles. The Morgan fingerprint density at radius 2 is 1.94 bits per heavy atom. The zero-order valence-corrected chi connectivity index (χ0v) is 9.21. The summed E-state index contributed by atoms with van der Waals surface area (Å²) in [6.45, 7) is 0. The minimum Gasteiger partial charge on any atom is -0.478 e. The highest BCUT2D eigenvalue weighted by Crippen LogP contribution is 2.24. The highest BCUT2D eigenvalue weighted by atomic mass is 19.1. The highest BCUT2D eigenvalue weighted by molar-refractivity contribution is 5.89. The van der Waals surface area contributed by atoms with Gasteiger partial charge in [-0.3, -0.25) is 4.79 Å². The fourth-order valence-corrected chi connectivity index (χ4v) is 1.50. The van der Waals surface area contributed by atoms with E-state index in [0.717, 1.165) is 18.2 Å². The Morgan fingerprint density at radius 1 is 1.33 bits per heavy atom. The molecule has 1 aromatic carbocycles. The SMILES string of the molecule is NC(=O)CC(O)C(O)c1cc(F)ccc1C(=O)O. The van der Waals surface area contributed by atoms with Crippen molar-refractivity contribution in [1.82, 2.24) is 0 Å². The van der Waals surface area contributed by atoms with E-state index < -0.39 is 36.3 Å². The minimum absolute atomic E-state index is 0.309. The molecule has 18 heavy (non-hydrogen) atoms. The fraction of sp³-hybridized carbons (Fsp3) is 0.273. The van der Waals surface area contributed by atoms with Gasteiger partial charge < -0.3 is 21.1 Å². The molecule has 5 N–H and O–H groups in total. The van der Waals surface area contributed by atoms with Crippen molar-refractivity contribution in [2.45, 2.75) is 18.6 Å². The number of carboxylic acid groups (broad SMARTS) is 1. The number of hydrogen-bond donors (Lipinski definition) is 4. The van der Waals surface area contributed by atoms with Crippen molar-refractivity contribution < 1.29 is 29.3 Å². The predicted octanol–water partition coefficient (Wildman–Crippen LogP) is -0.206. The Kier molecular flexibility index (Phi) is 4.35. The van der Waals surface area contributed by atoms with E-state index in [2.05, 4.69) is 0 Å². The van der Waals surface area contributed by atoms with Crippen molar-refractivity contribution in [3.8, 4) is 0 Å². The van der Waals surface area contributed by atoms with Crippen LogP contribution in [0.25, 0.3) is 0 Å². The summed E-state index contributed by atoms with van der Waals surface area (Å²) in [5.74, 6) is -3.01. The lowest BCUT2D eigenvalue weighted by Crippen LogP contribution is -2.26. The fourth-order valence-electron chi connectivity index (χ4n) is 1.50. The number of aromatic carboxylic acids is 1. The van der Waals surface area contributed by atoms with E-state index in [1.807, 2.05) is 0 Å². The number of nitrogens with two attached hydrogens (primary N) is 1. The quantitative estimate of drug-likeness (QED) is 0.581. The number of aliphatic hydroxyl groups is 2. The molecule has 1 aromatic rings. The Hall–Kier alpha value is -1.99. The van der Waals surface area contributed by atoms with E-state index in [1.54, 1.807) is 0 Å². The van der Waals surface area contributed by atoms with Crippen LogP contribution < -0.4 is 5.73 Å². The molecule has 98 valence electrons. The van der Waals surface area contributed by atoms with Crippen LogP contribution in [0.2, 0.25) is 0 Å². The molecule has 0 aliphatic heterocycles. The van der Waals surface area contributed by atoms with E-state index in [4.69, 9.17) is 10.8 Å². The maximum absolute atomic E-state index is 13.0. The lowest BCUT2D eigenvalue weighted by atomic mass is 9.97. The van der Waals surface area contributed by atoms with Crippen molar-refractivity contribution >= 4 is 11.9 Å². The molecule has 7 heteroatoms. The highest BCUT2D eigenvalue weighted by Gasteiger charge is 2.25. The number of halogens is 1. The Morgan fingerprint density at radius 3 is 2.44 bits per heavy atom. The molecule has 0 saturated carbocycles. The third-order valence-electron chi connectivity index (χ3n) is 2.34. The number of carbonyl (C=O) groups excluding carboxylic acids is 1. The van der Waals surface area contributed by atoms with Crippen LogP contribution in [0.4, 0.5) is 4.39 Å². The van der Waals surface area contributed by atoms with Crippen LogP contribution in [0.5, 0.6) is 0 Å². The molecule has 0 heterocycles. The van der Waals surface area contributed by atoms with E-state index in [9.17, 15) is 24.2 Å². The van der Waals surface area contributed by atoms with E-state index in [0.29, 0.717) is 0 Å². The van der Waals surface area contributed by atoms with Crippen molar-refractivity contribution in [2.24, 2.45) is 5.73 Å². The molecule has 2 unspecified atom stereocenters. The van der Waals surface area contributed by atoms with Gasteiger partial charge in [-0.15, -0.1) is 0 Å². The van der Waals surface area contributed by atoms with Gasteiger partial charge in [0.1, 0.15) is 11.9 Å². The Bertz CT molecular complexity index is 477. The van der Waals surface area contributed by atoms with Crippen LogP contribution in [-0.4, -0.2) is 33.3 Å². The maximum atomic E-state index is 13.0. The number of carboxylic acids is 1. The zero-order valence-electron chi connectivity index (χ0n) is 9.21. The molecular formula is C11H12FNO5. The minimum atomic E-state index is -1.71. The van der Waals surface area contributed by atoms with E-state index >= 15 is 0 Å². The molecule has 0 fully saturated rings. The second kappa shape index (κ2) is 5.56. The first-order chi connectivity index (χ1) is 8.32. The molecule has 0 saturated heterocycles. The third kappa shape index (κ3) is 3.25. The largest absolute Gasteiger partial charge is 0.478 e. The number of amides is 1. The van der Waals surface area contributed by atoms with Crippen LogP contribution in [0, 0.1) is 5.82 Å². The van der Waals surface area contributed by atoms with Gasteiger partial charge in [0.2, 0.25) is 5.91 Å². The topological polar surface area (TPSA) is 121 Å². The summed E-state index contributed by atoms with van der Waals surface area (Å²) in [5, 5.41) is 28.0. The normalized spacial score (nSPS) is 13.9. The molecule has 6 nitrogen and oxygen atoms in total. The number of hydrogen-bond acceptors (Lipinski definition) is 4. The second-order valence-corrected chi connectivity index (χ2v) is 3.72. The maximum Gasteiger partial charge on any atom is 0.336 e. The first kappa shape index (κ1) is 14.1. The molecule has 0 aliphatic rings. The van der Waals surface area contributed by atoms with Crippen molar-refractivity contribution in [1.29, 1.82) is 0 Å². The van der Waals surface area contributed by atoms with Gasteiger partial charge in [-0.2, -0.15) is 0 Å². The van der Waals surface area contributed by atoms with Gasteiger partial charge in [0, 0.05) is 5.56 Å². The van der Waals surface area contributed by atoms with E-state index in [-0.39, 0.29) is 11.1 Å². The van der Waals surface area contributed by atoms with E-state index in [1.165, 1.54) is 0 Å². The summed E-state index contributed by atoms with van der Waals surface area (Å²) in [4.78, 5) is 21.5. The first-order valence-corrected chi connectivity index (χ1v) is 5.00. The van der Waals surface area contributed by atoms with Crippen LogP contribution >= 0.6 is 0 Å². The molecule has 1 rings (SSSR count). The third-order valence-corrected chi connectivity index (χ3v) is 2.34. The van der Waals surface area contributed by atoms with Crippen LogP contribution in [-0.2, 0) is 4.79 Å². The number of benzene rings is 1. The monoisotopic (exact) mass is 257 g/mol. The predicted molar refractivity (Wildman–Crippen MR) is 58.1 cm³/mol. The molecule has 0 bridgehead atoms. The summed E-state index contributed by atoms with van der Waals surface area (Å²) in [6, 6.07) is 2.67. The average Bonchev–Trinajstić information content (AvgIpc) is 2.26. The van der Waals surface area contributed by atoms with Gasteiger partial charge in [0.05, 0.1) is 18.1 Å². The van der Waals surface area contributed by atoms with Gasteiger partial charge in [-0.25, -0.2) is 9.18 Å². The van der Waals surface area contributed by atoms with Crippen molar-refractivity contribution in [2.75, 3.05) is 0 Å². The lowest BCUT2D eigenvalue weighted by Gasteiger charge is -2.18. The second-order valence-electron chi connectivity index (χ2n) is 3.72. The number of rotatable bonds is 5. The summed E-state index contributed by atoms with van der Waals surface area (Å²) >= 11 is 0. The first-order valence-electron chi connectivity index (χ1n) is 5.00. The van der Waals surface area contributed by atoms with Gasteiger partial charge >= 0.3 is 5.97 Å². The number of carbonyl (C=O) groups is 2. The standard InChI is InChI=1S/C11H12FNO5/c12-5-1-2-6(11(17)18)7(3-5)10(16)8(14)4-9(13)15/h1-3,8,10,14,16H,4H2,(H2,13,15)(H,17,18). The van der Waals surface area contributed by atoms with Gasteiger partial charge in [0.25, 0.3) is 0 Å². The zero-order chi connectivity index (χ0) is 13.9. The van der Waals surface area contributed by atoms with Gasteiger partial charge in [-0.1, -0.05) is 0 Å². The van der Waals surface area contributed by atoms with Gasteiger partial charge in [-0.05, 0) is 18.2 Å². The van der Waals surface area contributed by atoms with Crippen LogP contribution in [0.15, 0.2) is 18.2 Å². The molecular weight excluding hydrogens is 245 g/mol. The molecule has 1 amide bonds. The lowest BCUT2D eigenvalue weighted by molar-refractivity contribution is -0.121. The summed E-state index contributed by atoms with van der Waals surface area (Å²) in [6.07, 6.45) is -3.86. The average molecular weight is 257 g/mol. The molecule has 2 atom stereocenters. The number of primary amides is 1. The Balaban J connectivity index is 3.10. The number of aliphatic hydroxyl groups excluding tert-OH is 2. The molecule has 0 spiro atoms. The Labute approximate surface area is 101 Å². The summed E-state index contributed by atoms with van der Waals surface area (Å²) < 4.78 is 13.0. The molecule has 0 aromatic heterocycles. The van der Waals surface area contributed by atoms with Crippen molar-refractivity contribution in [3.63, 3.8) is 0 Å². The summed E-state index contributed by atoms with van der Waals surface area (Å²) in [7, 11) is 0. The molecule has 0 radical (unpaired) electrons. The summed E-state index contributed by atoms with van der Waals surface area (Å²) in [5.41, 5.74) is 4.17. The smallest absolute Gasteiger partial charge is 0.336 e. The van der Waals surface area contributed by atoms with Crippen LogP contribution in [0.1, 0.15) is 28.4 Å². The van der Waals surface area contributed by atoms with Crippen LogP contribution in [0.3, 0.4) is 0 Å². The van der Waals surface area contributed by atoms with Crippen molar-refractivity contribution in [3.05, 3.63) is 35.1 Å². The van der Waals surface area contributed by atoms with Gasteiger partial charge in [0.15, 0.2) is 0 Å².